The van der Waals surface area contributed by atoms with Gasteiger partial charge in [-0.2, -0.15) is 0 Å². The molecule has 2 N–H and O–H groups in total. The molecule has 0 spiro atoms. The van der Waals surface area contributed by atoms with Gasteiger partial charge >= 0.3 is 0 Å². The first-order chi connectivity index (χ1) is 9.08. The van der Waals surface area contributed by atoms with E-state index in [2.05, 4.69) is 5.32 Å². The van der Waals surface area contributed by atoms with E-state index in [-0.39, 0.29) is 11.7 Å². The molecule has 4 nitrogen and oxygen atoms in total. The molecular formula is C14H19ClN2O2. The number of carbonyl (C=O) groups is 1. The lowest BCUT2D eigenvalue weighted by atomic mass is 10.0. The molecule has 104 valence electrons. The lowest BCUT2D eigenvalue weighted by molar-refractivity contribution is 0.0772. The van der Waals surface area contributed by atoms with Crippen molar-refractivity contribution in [2.24, 2.45) is 0 Å². The third-order valence-corrected chi connectivity index (χ3v) is 3.68. The minimum absolute atomic E-state index is 0.0686. The van der Waals surface area contributed by atoms with Crippen LogP contribution in [0.2, 0.25) is 5.02 Å². The van der Waals surface area contributed by atoms with Crippen molar-refractivity contribution in [1.82, 2.24) is 10.2 Å². The van der Waals surface area contributed by atoms with Crippen LogP contribution in [-0.4, -0.2) is 42.1 Å². The summed E-state index contributed by atoms with van der Waals surface area (Å²) in [5, 5.41) is 13.6. The molecule has 5 heteroatoms. The van der Waals surface area contributed by atoms with Crippen LogP contribution in [0.25, 0.3) is 0 Å². The zero-order valence-electron chi connectivity index (χ0n) is 11.0. The second-order valence-electron chi connectivity index (χ2n) is 4.99. The van der Waals surface area contributed by atoms with Crippen molar-refractivity contribution in [3.8, 4) is 5.75 Å². The van der Waals surface area contributed by atoms with Gasteiger partial charge in [-0.25, -0.2) is 0 Å². The smallest absolute Gasteiger partial charge is 0.257 e. The Labute approximate surface area is 118 Å². The quantitative estimate of drug-likeness (QED) is 0.894. The first-order valence-corrected chi connectivity index (χ1v) is 6.93. The standard InChI is InChI=1S/C14H19ClN2O2/c1-17(9-11-4-2-3-7-16-11)14(19)12-6-5-10(15)8-13(12)18/h5-6,8,11,16,18H,2-4,7,9H2,1H3. The summed E-state index contributed by atoms with van der Waals surface area (Å²) in [5.74, 6) is -0.248. The van der Waals surface area contributed by atoms with Gasteiger partial charge < -0.3 is 15.3 Å². The fourth-order valence-electron chi connectivity index (χ4n) is 2.38. The van der Waals surface area contributed by atoms with Crippen LogP contribution in [0.4, 0.5) is 0 Å². The third kappa shape index (κ3) is 3.61. The molecule has 1 aromatic rings. The van der Waals surface area contributed by atoms with E-state index in [4.69, 9.17) is 11.6 Å². The second-order valence-corrected chi connectivity index (χ2v) is 5.43. The van der Waals surface area contributed by atoms with Crippen LogP contribution in [0, 0.1) is 0 Å². The predicted molar refractivity (Wildman–Crippen MR) is 75.7 cm³/mol. The number of amides is 1. The van der Waals surface area contributed by atoms with Gasteiger partial charge in [0.15, 0.2) is 0 Å². The zero-order valence-corrected chi connectivity index (χ0v) is 11.8. The van der Waals surface area contributed by atoms with E-state index in [1.807, 2.05) is 0 Å². The molecule has 1 unspecified atom stereocenters. The van der Waals surface area contributed by atoms with E-state index < -0.39 is 0 Å². The number of phenolic OH excluding ortho intramolecular Hbond substituents is 1. The number of piperidine rings is 1. The fraction of sp³-hybridized carbons (Fsp3) is 0.500. The molecule has 1 aromatic carbocycles. The Bertz CT molecular complexity index is 459. The minimum Gasteiger partial charge on any atom is -0.507 e. The highest BCUT2D eigenvalue weighted by Crippen LogP contribution is 2.23. The van der Waals surface area contributed by atoms with E-state index in [0.29, 0.717) is 23.2 Å². The Morgan fingerprint density at radius 2 is 2.32 bits per heavy atom. The molecule has 0 aliphatic carbocycles. The van der Waals surface area contributed by atoms with Crippen molar-refractivity contribution in [3.63, 3.8) is 0 Å². The maximum atomic E-state index is 12.2. The molecule has 0 bridgehead atoms. The Kier molecular flexibility index (Phi) is 4.66. The topological polar surface area (TPSA) is 52.6 Å². The average molecular weight is 283 g/mol. The lowest BCUT2D eigenvalue weighted by Gasteiger charge is -2.28. The van der Waals surface area contributed by atoms with Gasteiger partial charge in [0.05, 0.1) is 5.56 Å². The van der Waals surface area contributed by atoms with E-state index in [0.717, 1.165) is 13.0 Å². The number of halogens is 1. The maximum Gasteiger partial charge on any atom is 0.257 e. The summed E-state index contributed by atoms with van der Waals surface area (Å²) in [6.45, 7) is 1.67. The van der Waals surface area contributed by atoms with E-state index in [1.54, 1.807) is 24.1 Å². The summed E-state index contributed by atoms with van der Waals surface area (Å²) in [4.78, 5) is 13.9. The van der Waals surface area contributed by atoms with Crippen LogP contribution in [0.15, 0.2) is 18.2 Å². The summed E-state index contributed by atoms with van der Waals surface area (Å²) in [6, 6.07) is 4.91. The molecular weight excluding hydrogens is 264 g/mol. The first-order valence-electron chi connectivity index (χ1n) is 6.55. The van der Waals surface area contributed by atoms with Crippen LogP contribution >= 0.6 is 11.6 Å². The predicted octanol–water partition coefficient (Wildman–Crippen LogP) is 2.26. The van der Waals surface area contributed by atoms with Gasteiger partial charge in [0.2, 0.25) is 0 Å². The van der Waals surface area contributed by atoms with Crippen molar-refractivity contribution in [3.05, 3.63) is 28.8 Å². The monoisotopic (exact) mass is 282 g/mol. The summed E-state index contributed by atoms with van der Waals surface area (Å²) >= 11 is 5.76. The Hall–Kier alpha value is -1.26. The van der Waals surface area contributed by atoms with Gasteiger partial charge in [0.1, 0.15) is 5.75 Å². The highest BCUT2D eigenvalue weighted by molar-refractivity contribution is 6.30. The Morgan fingerprint density at radius 3 is 2.95 bits per heavy atom. The Balaban J connectivity index is 2.01. The summed E-state index contributed by atoms with van der Waals surface area (Å²) in [7, 11) is 1.76. The fourth-order valence-corrected chi connectivity index (χ4v) is 2.55. The van der Waals surface area contributed by atoms with Crippen LogP contribution in [0.5, 0.6) is 5.75 Å². The highest BCUT2D eigenvalue weighted by atomic mass is 35.5. The summed E-state index contributed by atoms with van der Waals surface area (Å²) in [5.41, 5.74) is 0.294. The summed E-state index contributed by atoms with van der Waals surface area (Å²) < 4.78 is 0. The maximum absolute atomic E-state index is 12.2. The molecule has 1 saturated heterocycles. The van der Waals surface area contributed by atoms with Gasteiger partial charge in [-0.15, -0.1) is 0 Å². The minimum atomic E-state index is -0.179. The van der Waals surface area contributed by atoms with Gasteiger partial charge in [0.25, 0.3) is 5.91 Å². The highest BCUT2D eigenvalue weighted by Gasteiger charge is 2.20. The first kappa shape index (κ1) is 14.2. The van der Waals surface area contributed by atoms with E-state index in [9.17, 15) is 9.90 Å². The van der Waals surface area contributed by atoms with Crippen molar-refractivity contribution in [2.75, 3.05) is 20.1 Å². The van der Waals surface area contributed by atoms with Gasteiger partial charge in [-0.3, -0.25) is 4.79 Å². The number of rotatable bonds is 3. The molecule has 1 fully saturated rings. The second kappa shape index (κ2) is 6.26. The SMILES string of the molecule is CN(CC1CCCCN1)C(=O)c1ccc(Cl)cc1O. The number of phenols is 1. The van der Waals surface area contributed by atoms with Gasteiger partial charge in [-0.1, -0.05) is 18.0 Å². The van der Waals surface area contributed by atoms with Crippen LogP contribution in [0.1, 0.15) is 29.6 Å². The van der Waals surface area contributed by atoms with Crippen molar-refractivity contribution < 1.29 is 9.90 Å². The average Bonchev–Trinajstić information content (AvgIpc) is 2.39. The number of hydrogen-bond acceptors (Lipinski definition) is 3. The number of aromatic hydroxyl groups is 1. The lowest BCUT2D eigenvalue weighted by Crippen LogP contribution is -2.44. The normalized spacial score (nSPS) is 19.2. The number of nitrogens with one attached hydrogen (secondary N) is 1. The number of carbonyl (C=O) groups excluding carboxylic acids is 1. The molecule has 0 saturated carbocycles. The Morgan fingerprint density at radius 1 is 1.53 bits per heavy atom. The molecule has 1 heterocycles. The molecule has 0 radical (unpaired) electrons. The van der Waals surface area contributed by atoms with Crippen LogP contribution in [-0.2, 0) is 0 Å². The van der Waals surface area contributed by atoms with Gasteiger partial charge in [-0.05, 0) is 37.6 Å². The van der Waals surface area contributed by atoms with Gasteiger partial charge in [0, 0.05) is 24.7 Å². The molecule has 1 aliphatic rings. The number of nitrogens with zero attached hydrogens (tertiary/aromatic N) is 1. The molecule has 1 aliphatic heterocycles. The molecule has 0 aromatic heterocycles. The summed E-state index contributed by atoms with van der Waals surface area (Å²) in [6.07, 6.45) is 3.49. The number of likely N-dealkylation sites (N-methyl/N-ethyl adjacent to an activating group) is 1. The molecule has 1 amide bonds. The number of benzene rings is 1. The molecule has 19 heavy (non-hydrogen) atoms. The van der Waals surface area contributed by atoms with Crippen molar-refractivity contribution in [1.29, 1.82) is 0 Å². The van der Waals surface area contributed by atoms with Crippen molar-refractivity contribution in [2.45, 2.75) is 25.3 Å². The third-order valence-electron chi connectivity index (χ3n) is 3.44. The van der Waals surface area contributed by atoms with Crippen LogP contribution < -0.4 is 5.32 Å². The molecule has 2 rings (SSSR count). The van der Waals surface area contributed by atoms with Crippen molar-refractivity contribution >= 4 is 17.5 Å². The number of hydrogen-bond donors (Lipinski definition) is 2. The van der Waals surface area contributed by atoms with Crippen LogP contribution in [0.3, 0.4) is 0 Å². The molecule has 1 atom stereocenters. The van der Waals surface area contributed by atoms with E-state index in [1.165, 1.54) is 18.9 Å². The van der Waals surface area contributed by atoms with E-state index >= 15 is 0 Å². The zero-order chi connectivity index (χ0) is 13.8. The largest absolute Gasteiger partial charge is 0.507 e.